The molecule has 1 aliphatic carbocycles. The van der Waals surface area contributed by atoms with Gasteiger partial charge in [-0.15, -0.1) is 0 Å². The summed E-state index contributed by atoms with van der Waals surface area (Å²) in [6.07, 6.45) is 5.33. The summed E-state index contributed by atoms with van der Waals surface area (Å²) in [7, 11) is 0. The van der Waals surface area contributed by atoms with Crippen molar-refractivity contribution in [2.24, 2.45) is 11.7 Å². The number of carbonyl (C=O) groups is 2. The Kier molecular flexibility index (Phi) is 5.57. The third-order valence-electron chi connectivity index (χ3n) is 3.69. The van der Waals surface area contributed by atoms with E-state index in [1.807, 2.05) is 0 Å². The first-order valence-electron chi connectivity index (χ1n) is 7.30. The van der Waals surface area contributed by atoms with Crippen LogP contribution < -0.4 is 5.73 Å². The summed E-state index contributed by atoms with van der Waals surface area (Å²) >= 11 is 0. The second-order valence-corrected chi connectivity index (χ2v) is 5.42. The van der Waals surface area contributed by atoms with Crippen LogP contribution in [-0.2, 0) is 14.3 Å². The molecule has 0 aromatic rings. The molecule has 2 N–H and O–H groups in total. The normalized spacial score (nSPS) is 23.1. The van der Waals surface area contributed by atoms with Crippen molar-refractivity contribution in [2.75, 3.05) is 19.8 Å². The van der Waals surface area contributed by atoms with Gasteiger partial charge in [-0.05, 0) is 32.1 Å². The molecular formula is C15H22N2O3. The Morgan fingerprint density at radius 1 is 1.45 bits per heavy atom. The molecular weight excluding hydrogens is 256 g/mol. The van der Waals surface area contributed by atoms with Crippen LogP contribution in [0.4, 0.5) is 0 Å². The van der Waals surface area contributed by atoms with Crippen LogP contribution in [-0.4, -0.2) is 48.9 Å². The van der Waals surface area contributed by atoms with Gasteiger partial charge in [0.25, 0.3) is 0 Å². The maximum atomic E-state index is 12.1. The molecule has 1 heterocycles. The number of carbonyl (C=O) groups excluding carboxylic acids is 2. The first-order valence-corrected chi connectivity index (χ1v) is 7.30. The molecule has 0 bridgehead atoms. The fourth-order valence-corrected chi connectivity index (χ4v) is 2.29. The Balaban J connectivity index is 1.63. The molecule has 2 aliphatic rings. The van der Waals surface area contributed by atoms with E-state index in [2.05, 4.69) is 11.8 Å². The van der Waals surface area contributed by atoms with Gasteiger partial charge in [0.1, 0.15) is 12.9 Å². The number of amides is 1. The summed E-state index contributed by atoms with van der Waals surface area (Å²) in [5.74, 6) is 6.51. The molecule has 0 radical (unpaired) electrons. The fraction of sp³-hybridized carbons (Fsp3) is 0.733. The van der Waals surface area contributed by atoms with Crippen molar-refractivity contribution in [3.05, 3.63) is 0 Å². The van der Waals surface area contributed by atoms with Gasteiger partial charge in [0.05, 0.1) is 12.1 Å². The van der Waals surface area contributed by atoms with Gasteiger partial charge in [-0.25, -0.2) is 0 Å². The molecule has 1 saturated heterocycles. The lowest BCUT2D eigenvalue weighted by Crippen LogP contribution is -2.46. The number of aldehydes is 1. The highest BCUT2D eigenvalue weighted by atomic mass is 16.5. The molecule has 2 rings (SSSR count). The van der Waals surface area contributed by atoms with E-state index in [4.69, 9.17) is 10.5 Å². The number of likely N-dealkylation sites (tertiary alicyclic amines) is 1. The van der Waals surface area contributed by atoms with Crippen molar-refractivity contribution in [3.8, 4) is 11.8 Å². The zero-order valence-corrected chi connectivity index (χ0v) is 11.7. The van der Waals surface area contributed by atoms with Gasteiger partial charge in [0, 0.05) is 19.1 Å². The highest BCUT2D eigenvalue weighted by Gasteiger charge is 2.31. The van der Waals surface area contributed by atoms with Crippen molar-refractivity contribution < 1.29 is 14.3 Å². The Morgan fingerprint density at radius 3 is 2.95 bits per heavy atom. The predicted octanol–water partition coefficient (Wildman–Crippen LogP) is 0.324. The maximum Gasteiger partial charge on any atom is 0.240 e. The van der Waals surface area contributed by atoms with Crippen molar-refractivity contribution in [3.63, 3.8) is 0 Å². The van der Waals surface area contributed by atoms with E-state index >= 15 is 0 Å². The molecule has 5 nitrogen and oxygen atoms in total. The number of nitrogens with two attached hydrogens (primary N) is 1. The van der Waals surface area contributed by atoms with Crippen LogP contribution in [0.1, 0.15) is 32.1 Å². The van der Waals surface area contributed by atoms with Gasteiger partial charge >= 0.3 is 0 Å². The third kappa shape index (κ3) is 4.32. The van der Waals surface area contributed by atoms with Crippen molar-refractivity contribution in [1.29, 1.82) is 0 Å². The van der Waals surface area contributed by atoms with E-state index in [9.17, 15) is 9.59 Å². The molecule has 5 heteroatoms. The van der Waals surface area contributed by atoms with E-state index in [1.165, 1.54) is 12.8 Å². The van der Waals surface area contributed by atoms with E-state index in [0.29, 0.717) is 32.1 Å². The van der Waals surface area contributed by atoms with Crippen molar-refractivity contribution in [2.45, 2.75) is 44.2 Å². The smallest absolute Gasteiger partial charge is 0.240 e. The molecule has 2 fully saturated rings. The molecule has 1 amide bonds. The average Bonchev–Trinajstić information content (AvgIpc) is 3.16. The van der Waals surface area contributed by atoms with E-state index in [0.717, 1.165) is 19.1 Å². The van der Waals surface area contributed by atoms with Crippen LogP contribution in [0, 0.1) is 17.8 Å². The topological polar surface area (TPSA) is 72.6 Å². The molecule has 0 aromatic carbocycles. The Hall–Kier alpha value is -1.38. The van der Waals surface area contributed by atoms with E-state index in [-0.39, 0.29) is 11.9 Å². The predicted molar refractivity (Wildman–Crippen MR) is 74.7 cm³/mol. The van der Waals surface area contributed by atoms with E-state index < -0.39 is 6.04 Å². The minimum Gasteiger partial charge on any atom is -0.369 e. The van der Waals surface area contributed by atoms with Gasteiger partial charge < -0.3 is 20.2 Å². The largest absolute Gasteiger partial charge is 0.369 e. The summed E-state index contributed by atoms with van der Waals surface area (Å²) in [5, 5.41) is 0. The highest BCUT2D eigenvalue weighted by Crippen LogP contribution is 2.27. The summed E-state index contributed by atoms with van der Waals surface area (Å²) in [6.45, 7) is 1.45. The van der Waals surface area contributed by atoms with E-state index in [1.54, 1.807) is 4.90 Å². The van der Waals surface area contributed by atoms with Crippen LogP contribution in [0.2, 0.25) is 0 Å². The quantitative estimate of drug-likeness (QED) is 0.431. The van der Waals surface area contributed by atoms with Gasteiger partial charge in [-0.3, -0.25) is 4.79 Å². The molecule has 2 atom stereocenters. The van der Waals surface area contributed by atoms with Crippen LogP contribution in [0.3, 0.4) is 0 Å². The Morgan fingerprint density at radius 2 is 2.25 bits per heavy atom. The fourth-order valence-electron chi connectivity index (χ4n) is 2.29. The second-order valence-electron chi connectivity index (χ2n) is 5.42. The minimum absolute atomic E-state index is 0.146. The van der Waals surface area contributed by atoms with Crippen molar-refractivity contribution >= 4 is 12.2 Å². The lowest BCUT2D eigenvalue weighted by atomic mass is 10.2. The first kappa shape index (κ1) is 15.0. The first-order chi connectivity index (χ1) is 9.72. The zero-order valence-electron chi connectivity index (χ0n) is 11.7. The standard InChI is InChI=1S/C15H22N2O3/c16-14(7-10-20-9-2-3-12-5-6-12)15(19)17-8-1-4-13(17)11-18/h11-14H,1,4-10,16H2. The summed E-state index contributed by atoms with van der Waals surface area (Å²) in [6, 6.07) is -0.884. The zero-order chi connectivity index (χ0) is 14.4. The third-order valence-corrected chi connectivity index (χ3v) is 3.69. The molecule has 110 valence electrons. The SMILES string of the molecule is NC(CCOCC#CC1CC1)C(=O)N1CCCC1C=O. The van der Waals surface area contributed by atoms with Crippen LogP contribution in [0.25, 0.3) is 0 Å². The summed E-state index contributed by atoms with van der Waals surface area (Å²) in [5.41, 5.74) is 5.86. The highest BCUT2D eigenvalue weighted by molar-refractivity contribution is 5.84. The average molecular weight is 278 g/mol. The molecule has 0 spiro atoms. The Labute approximate surface area is 119 Å². The van der Waals surface area contributed by atoms with Gasteiger partial charge in [-0.1, -0.05) is 11.8 Å². The van der Waals surface area contributed by atoms with Gasteiger partial charge in [-0.2, -0.15) is 0 Å². The van der Waals surface area contributed by atoms with Gasteiger partial charge in [0.15, 0.2) is 0 Å². The summed E-state index contributed by atoms with van der Waals surface area (Å²) < 4.78 is 5.35. The minimum atomic E-state index is -0.591. The Bertz CT molecular complexity index is 409. The number of rotatable bonds is 6. The molecule has 0 aromatic heterocycles. The summed E-state index contributed by atoms with van der Waals surface area (Å²) in [4.78, 5) is 24.5. The van der Waals surface area contributed by atoms with Crippen LogP contribution >= 0.6 is 0 Å². The molecule has 2 unspecified atom stereocenters. The van der Waals surface area contributed by atoms with Crippen LogP contribution in [0.15, 0.2) is 0 Å². The van der Waals surface area contributed by atoms with Gasteiger partial charge in [0.2, 0.25) is 5.91 Å². The van der Waals surface area contributed by atoms with Crippen LogP contribution in [0.5, 0.6) is 0 Å². The molecule has 20 heavy (non-hydrogen) atoms. The molecule has 1 aliphatic heterocycles. The maximum absolute atomic E-state index is 12.1. The molecule has 1 saturated carbocycles. The number of nitrogens with zero attached hydrogens (tertiary/aromatic N) is 1. The van der Waals surface area contributed by atoms with Crippen molar-refractivity contribution in [1.82, 2.24) is 4.90 Å². The monoisotopic (exact) mass is 278 g/mol. The number of ether oxygens (including phenoxy) is 1. The number of hydrogen-bond donors (Lipinski definition) is 1. The lowest BCUT2D eigenvalue weighted by Gasteiger charge is -2.23. The second kappa shape index (κ2) is 7.41. The number of hydrogen-bond acceptors (Lipinski definition) is 4. The lowest BCUT2D eigenvalue weighted by molar-refractivity contribution is -0.136.